The Balaban J connectivity index is 1.45. The molecule has 35 heavy (non-hydrogen) atoms. The first kappa shape index (κ1) is 23.1. The van der Waals surface area contributed by atoms with Crippen molar-refractivity contribution in [3.8, 4) is 0 Å². The summed E-state index contributed by atoms with van der Waals surface area (Å²) in [5.74, 6) is 0.958. The molecule has 5 rings (SSSR count). The molecule has 2 aromatic carbocycles. The van der Waals surface area contributed by atoms with Crippen molar-refractivity contribution in [3.05, 3.63) is 64.5 Å². The third-order valence-corrected chi connectivity index (χ3v) is 7.12. The average molecular weight is 470 g/mol. The topological polar surface area (TPSA) is 100 Å². The van der Waals surface area contributed by atoms with E-state index in [2.05, 4.69) is 38.9 Å². The maximum Gasteiger partial charge on any atom is 0.253 e. The largest absolute Gasteiger partial charge is 0.351 e. The van der Waals surface area contributed by atoms with E-state index in [0.717, 1.165) is 78.1 Å². The number of rotatable bonds is 5. The Labute approximate surface area is 205 Å². The van der Waals surface area contributed by atoms with E-state index in [9.17, 15) is 4.79 Å². The summed E-state index contributed by atoms with van der Waals surface area (Å²) in [6, 6.07) is 10.1. The lowest BCUT2D eigenvalue weighted by Gasteiger charge is -2.33. The Bertz CT molecular complexity index is 1310. The van der Waals surface area contributed by atoms with E-state index in [0.29, 0.717) is 18.7 Å². The Morgan fingerprint density at radius 2 is 1.83 bits per heavy atom. The highest BCUT2D eigenvalue weighted by molar-refractivity contribution is 6.08. The standard InChI is InChI=1S/C27H31N7O/c1-18-13-21(24(29)5-7-28)15-23-25(18)30-17-31-26(23)34-8-6-19-3-4-20(14-22(19)16-34)27(35)33-11-9-32(2)10-12-33/h3-4,7,13-15,17,28-29H,5-6,8-12,16H2,1-2H3. The number of likely N-dealkylation sites (N-methyl/N-ethyl adjacent to an activating group) is 1. The van der Waals surface area contributed by atoms with Crippen LogP contribution in [0.5, 0.6) is 0 Å². The molecule has 8 heteroatoms. The Hall–Kier alpha value is -3.65. The van der Waals surface area contributed by atoms with Crippen molar-refractivity contribution in [1.82, 2.24) is 19.8 Å². The molecule has 2 aliphatic heterocycles. The van der Waals surface area contributed by atoms with Crippen LogP contribution in [-0.2, 0) is 13.0 Å². The number of carbonyl (C=O) groups is 1. The number of nitrogens with one attached hydrogen (secondary N) is 2. The zero-order valence-electron chi connectivity index (χ0n) is 20.3. The zero-order valence-corrected chi connectivity index (χ0v) is 20.3. The lowest BCUT2D eigenvalue weighted by molar-refractivity contribution is 0.0664. The summed E-state index contributed by atoms with van der Waals surface area (Å²) in [6.07, 6.45) is 4.05. The lowest BCUT2D eigenvalue weighted by Crippen LogP contribution is -2.47. The second-order valence-electron chi connectivity index (χ2n) is 9.52. The Kier molecular flexibility index (Phi) is 6.30. The van der Waals surface area contributed by atoms with Gasteiger partial charge in [-0.1, -0.05) is 6.07 Å². The lowest BCUT2D eigenvalue weighted by atomic mass is 9.96. The number of piperazine rings is 1. The predicted molar refractivity (Wildman–Crippen MR) is 139 cm³/mol. The van der Waals surface area contributed by atoms with Crippen LogP contribution >= 0.6 is 0 Å². The number of nitrogens with zero attached hydrogens (tertiary/aromatic N) is 5. The van der Waals surface area contributed by atoms with Crippen molar-refractivity contribution in [2.75, 3.05) is 44.7 Å². The minimum atomic E-state index is 0.107. The Morgan fingerprint density at radius 1 is 1.03 bits per heavy atom. The van der Waals surface area contributed by atoms with E-state index in [1.807, 2.05) is 30.0 Å². The van der Waals surface area contributed by atoms with Crippen LogP contribution in [0.1, 0.15) is 39.0 Å². The van der Waals surface area contributed by atoms with Crippen molar-refractivity contribution in [1.29, 1.82) is 10.8 Å². The number of hydrogen-bond acceptors (Lipinski definition) is 7. The highest BCUT2D eigenvalue weighted by Gasteiger charge is 2.24. The molecule has 0 aliphatic carbocycles. The first-order chi connectivity index (χ1) is 16.9. The molecule has 0 atom stereocenters. The molecule has 180 valence electrons. The molecule has 0 spiro atoms. The van der Waals surface area contributed by atoms with E-state index < -0.39 is 0 Å². The predicted octanol–water partition coefficient (Wildman–Crippen LogP) is 3.30. The van der Waals surface area contributed by atoms with Crippen molar-refractivity contribution in [3.63, 3.8) is 0 Å². The summed E-state index contributed by atoms with van der Waals surface area (Å²) in [7, 11) is 2.09. The summed E-state index contributed by atoms with van der Waals surface area (Å²) >= 11 is 0. The van der Waals surface area contributed by atoms with Gasteiger partial charge in [0.15, 0.2) is 0 Å². The van der Waals surface area contributed by atoms with Gasteiger partial charge in [0.1, 0.15) is 12.1 Å². The molecule has 0 bridgehead atoms. The summed E-state index contributed by atoms with van der Waals surface area (Å²) in [6.45, 7) is 6.84. The second-order valence-corrected chi connectivity index (χ2v) is 9.52. The molecule has 1 fully saturated rings. The molecule has 2 N–H and O–H groups in total. The van der Waals surface area contributed by atoms with Gasteiger partial charge in [-0.05, 0) is 66.9 Å². The van der Waals surface area contributed by atoms with E-state index in [4.69, 9.17) is 10.8 Å². The van der Waals surface area contributed by atoms with Crippen LogP contribution in [0.25, 0.3) is 10.9 Å². The van der Waals surface area contributed by atoms with Crippen LogP contribution in [0.4, 0.5) is 5.82 Å². The number of aromatic nitrogens is 2. The highest BCUT2D eigenvalue weighted by atomic mass is 16.2. The quantitative estimate of drug-likeness (QED) is 0.559. The minimum Gasteiger partial charge on any atom is -0.351 e. The van der Waals surface area contributed by atoms with Crippen LogP contribution < -0.4 is 4.90 Å². The van der Waals surface area contributed by atoms with E-state index in [-0.39, 0.29) is 5.91 Å². The van der Waals surface area contributed by atoms with Crippen LogP contribution in [0.2, 0.25) is 0 Å². The molecule has 2 aliphatic rings. The number of aryl methyl sites for hydroxylation is 1. The number of carbonyl (C=O) groups excluding carboxylic acids is 1. The normalized spacial score (nSPS) is 16.3. The number of amides is 1. The number of hydrogen-bond donors (Lipinski definition) is 2. The van der Waals surface area contributed by atoms with Crippen LogP contribution in [-0.4, -0.2) is 77.4 Å². The minimum absolute atomic E-state index is 0.107. The van der Waals surface area contributed by atoms with Crippen molar-refractivity contribution < 1.29 is 4.79 Å². The van der Waals surface area contributed by atoms with Crippen molar-refractivity contribution in [2.24, 2.45) is 0 Å². The summed E-state index contributed by atoms with van der Waals surface area (Å²) in [4.78, 5) is 28.8. The van der Waals surface area contributed by atoms with Gasteiger partial charge in [0.2, 0.25) is 0 Å². The van der Waals surface area contributed by atoms with Gasteiger partial charge in [0.25, 0.3) is 5.91 Å². The van der Waals surface area contributed by atoms with Gasteiger partial charge in [-0.25, -0.2) is 9.97 Å². The van der Waals surface area contributed by atoms with Crippen LogP contribution in [0.3, 0.4) is 0 Å². The molecule has 1 saturated heterocycles. The van der Waals surface area contributed by atoms with Crippen LogP contribution in [0.15, 0.2) is 36.7 Å². The molecule has 3 heterocycles. The summed E-state index contributed by atoms with van der Waals surface area (Å²) in [5, 5.41) is 16.6. The first-order valence-electron chi connectivity index (χ1n) is 12.1. The van der Waals surface area contributed by atoms with Crippen molar-refractivity contribution in [2.45, 2.75) is 26.3 Å². The van der Waals surface area contributed by atoms with Crippen molar-refractivity contribution >= 4 is 34.6 Å². The first-order valence-corrected chi connectivity index (χ1v) is 12.1. The van der Waals surface area contributed by atoms with Gasteiger partial charge < -0.3 is 25.5 Å². The molecule has 1 amide bonds. The maximum absolute atomic E-state index is 13.1. The molecular formula is C27H31N7O. The monoisotopic (exact) mass is 469 g/mol. The highest BCUT2D eigenvalue weighted by Crippen LogP contribution is 2.31. The molecule has 0 radical (unpaired) electrons. The summed E-state index contributed by atoms with van der Waals surface area (Å²) in [5.41, 5.74) is 6.27. The van der Waals surface area contributed by atoms with Gasteiger partial charge in [-0.3, -0.25) is 4.79 Å². The smallest absolute Gasteiger partial charge is 0.253 e. The zero-order chi connectivity index (χ0) is 24.5. The average Bonchev–Trinajstić information content (AvgIpc) is 2.88. The van der Waals surface area contributed by atoms with Gasteiger partial charge in [-0.2, -0.15) is 0 Å². The van der Waals surface area contributed by atoms with Gasteiger partial charge in [-0.15, -0.1) is 0 Å². The molecule has 0 saturated carbocycles. The molecule has 0 unspecified atom stereocenters. The fourth-order valence-corrected chi connectivity index (χ4v) is 5.04. The number of fused-ring (bicyclic) bond motifs is 2. The van der Waals surface area contributed by atoms with Gasteiger partial charge >= 0.3 is 0 Å². The maximum atomic E-state index is 13.1. The second kappa shape index (κ2) is 9.54. The molecule has 8 nitrogen and oxygen atoms in total. The number of benzene rings is 2. The van der Waals surface area contributed by atoms with Gasteiger partial charge in [0.05, 0.1) is 5.52 Å². The van der Waals surface area contributed by atoms with Gasteiger partial charge in [0, 0.05) is 68.6 Å². The fourth-order valence-electron chi connectivity index (χ4n) is 5.04. The Morgan fingerprint density at radius 3 is 2.60 bits per heavy atom. The summed E-state index contributed by atoms with van der Waals surface area (Å²) < 4.78 is 0. The van der Waals surface area contributed by atoms with Crippen LogP contribution in [0, 0.1) is 17.7 Å². The third-order valence-electron chi connectivity index (χ3n) is 7.12. The number of anilines is 1. The molecule has 3 aromatic rings. The van der Waals surface area contributed by atoms with E-state index in [1.54, 1.807) is 6.33 Å². The molecule has 1 aromatic heterocycles. The third kappa shape index (κ3) is 4.53. The molecular weight excluding hydrogens is 438 g/mol. The van der Waals surface area contributed by atoms with E-state index >= 15 is 0 Å². The fraction of sp³-hybridized carbons (Fsp3) is 0.370. The van der Waals surface area contributed by atoms with E-state index in [1.165, 1.54) is 11.8 Å². The SMILES string of the molecule is Cc1cc(C(=N)CC=N)cc2c(N3CCc4ccc(C(=O)N5CCN(C)CC5)cc4C3)ncnc12.